The van der Waals surface area contributed by atoms with E-state index in [0.717, 1.165) is 27.7 Å². The molecule has 14 atom stereocenters. The molecule has 4 rings (SSSR count). The Hall–Kier alpha value is -4.03. The van der Waals surface area contributed by atoms with Crippen molar-refractivity contribution in [2.24, 2.45) is 0 Å². The molecule has 0 aromatic heterocycles. The smallest absolute Gasteiger partial charge is 0.338 e. The van der Waals surface area contributed by atoms with Gasteiger partial charge in [0.15, 0.2) is 37.2 Å². The fourth-order valence-corrected chi connectivity index (χ4v) is 6.08. The molecule has 3 aliphatic heterocycles. The molecule has 0 saturated carbocycles. The molecule has 3 fully saturated rings. The lowest BCUT2D eigenvalue weighted by Crippen LogP contribution is -2.64. The Bertz CT molecular complexity index is 1470. The molecule has 3 heterocycles. The van der Waals surface area contributed by atoms with Crippen molar-refractivity contribution in [2.45, 2.75) is 120 Å². The van der Waals surface area contributed by atoms with E-state index in [9.17, 15) is 49.5 Å². The van der Waals surface area contributed by atoms with E-state index in [0.29, 0.717) is 5.75 Å². The Morgan fingerprint density at radius 2 is 1.24 bits per heavy atom. The van der Waals surface area contributed by atoms with Gasteiger partial charge >= 0.3 is 29.8 Å². The van der Waals surface area contributed by atoms with E-state index in [2.05, 4.69) is 0 Å². The standard InChI is InChI=1S/C34H46O21/c1-14(36)46-13-24-28(29(49-16(3)38)30(32(44)51-24)50-17(4)39)55-33-21(48-15(2)37)10-20(52-34-27(42)26(41)25(40)22(11-35)53-34)23(54-33)12-47-31(43)18-6-8-19(45-5)9-7-18/h6-9,20-30,32-35,40-42,44H,10-13H2,1-5H3/t20-,21-,22-,23-,24-,25+,26-,27-,28-,29+,30-,32-,33+,34+/m1/s1. The van der Waals surface area contributed by atoms with Crippen molar-refractivity contribution in [1.82, 2.24) is 0 Å². The zero-order chi connectivity index (χ0) is 40.6. The predicted molar refractivity (Wildman–Crippen MR) is 174 cm³/mol. The van der Waals surface area contributed by atoms with Crippen LogP contribution >= 0.6 is 0 Å². The quantitative estimate of drug-likeness (QED) is 0.0971. The lowest BCUT2D eigenvalue weighted by Gasteiger charge is -2.47. The van der Waals surface area contributed by atoms with Gasteiger partial charge in [-0.2, -0.15) is 0 Å². The van der Waals surface area contributed by atoms with Gasteiger partial charge in [-0.05, 0) is 24.3 Å². The summed E-state index contributed by atoms with van der Waals surface area (Å²) in [6, 6.07) is 5.90. The van der Waals surface area contributed by atoms with Gasteiger partial charge < -0.3 is 77.6 Å². The number of rotatable bonds is 14. The number of aliphatic hydroxyl groups is 5. The number of benzene rings is 1. The van der Waals surface area contributed by atoms with Crippen LogP contribution in [0.15, 0.2) is 24.3 Å². The van der Waals surface area contributed by atoms with Crippen molar-refractivity contribution in [3.63, 3.8) is 0 Å². The van der Waals surface area contributed by atoms with Gasteiger partial charge in [0, 0.05) is 34.1 Å². The first-order valence-electron chi connectivity index (χ1n) is 17.1. The van der Waals surface area contributed by atoms with E-state index in [1.54, 1.807) is 0 Å². The normalized spacial score (nSPS) is 34.8. The topological polar surface area (TPSA) is 288 Å². The third-order valence-corrected chi connectivity index (χ3v) is 8.63. The van der Waals surface area contributed by atoms with Gasteiger partial charge in [-0.1, -0.05) is 0 Å². The first-order chi connectivity index (χ1) is 26.0. The lowest BCUT2D eigenvalue weighted by atomic mass is 9.97. The Labute approximate surface area is 314 Å². The molecular weight excluding hydrogens is 744 g/mol. The number of hydrogen-bond donors (Lipinski definition) is 5. The van der Waals surface area contributed by atoms with E-state index < -0.39 is 136 Å². The third-order valence-electron chi connectivity index (χ3n) is 8.63. The summed E-state index contributed by atoms with van der Waals surface area (Å²) in [5.74, 6) is -3.78. The van der Waals surface area contributed by atoms with Gasteiger partial charge in [0.25, 0.3) is 0 Å². The van der Waals surface area contributed by atoms with Crippen LogP contribution in [0.3, 0.4) is 0 Å². The van der Waals surface area contributed by atoms with E-state index in [1.165, 1.54) is 31.4 Å². The van der Waals surface area contributed by atoms with Crippen LogP contribution in [0.1, 0.15) is 44.5 Å². The Morgan fingerprint density at radius 1 is 0.636 bits per heavy atom. The molecule has 1 aromatic carbocycles. The molecule has 0 aliphatic carbocycles. The van der Waals surface area contributed by atoms with Gasteiger partial charge in [0.2, 0.25) is 0 Å². The molecule has 3 saturated heterocycles. The zero-order valence-corrected chi connectivity index (χ0v) is 30.5. The van der Waals surface area contributed by atoms with Crippen molar-refractivity contribution in [3.05, 3.63) is 29.8 Å². The highest BCUT2D eigenvalue weighted by Gasteiger charge is 2.54. The highest BCUT2D eigenvalue weighted by molar-refractivity contribution is 5.89. The molecule has 0 bridgehead atoms. The van der Waals surface area contributed by atoms with Gasteiger partial charge in [0.05, 0.1) is 25.4 Å². The maximum Gasteiger partial charge on any atom is 0.338 e. The summed E-state index contributed by atoms with van der Waals surface area (Å²) < 4.78 is 61.4. The molecule has 308 valence electrons. The Balaban J connectivity index is 1.70. The second-order valence-corrected chi connectivity index (χ2v) is 12.7. The van der Waals surface area contributed by atoms with Gasteiger partial charge in [0.1, 0.15) is 61.7 Å². The highest BCUT2D eigenvalue weighted by atomic mass is 16.8. The fourth-order valence-electron chi connectivity index (χ4n) is 6.08. The maximum atomic E-state index is 13.1. The van der Waals surface area contributed by atoms with Crippen molar-refractivity contribution in [3.8, 4) is 5.75 Å². The largest absolute Gasteiger partial charge is 0.497 e. The van der Waals surface area contributed by atoms with Crippen LogP contribution in [0, 0.1) is 0 Å². The van der Waals surface area contributed by atoms with Gasteiger partial charge in [-0.25, -0.2) is 4.79 Å². The average molecular weight is 791 g/mol. The van der Waals surface area contributed by atoms with Crippen LogP contribution in [0.5, 0.6) is 5.75 Å². The van der Waals surface area contributed by atoms with Crippen LogP contribution in [0.2, 0.25) is 0 Å². The average Bonchev–Trinajstić information content (AvgIpc) is 3.13. The SMILES string of the molecule is COc1ccc(C(=O)OC[C@H]2O[C@@H](O[C@H]3[C@H](OC(C)=O)[C@@H](OC(C)=O)[C@H](O)O[C@@H]3COC(C)=O)[C@H](OC(C)=O)C[C@H]2O[C@H]2O[C@H](CO)[C@H](O)[C@@H](O)[C@H]2O)cc1. The van der Waals surface area contributed by atoms with Crippen LogP contribution < -0.4 is 4.74 Å². The molecule has 0 radical (unpaired) electrons. The Kier molecular flexibility index (Phi) is 15.7. The summed E-state index contributed by atoms with van der Waals surface area (Å²) in [5.41, 5.74) is 0.112. The molecule has 3 aliphatic rings. The number of esters is 5. The summed E-state index contributed by atoms with van der Waals surface area (Å²) in [4.78, 5) is 61.5. The van der Waals surface area contributed by atoms with E-state index >= 15 is 0 Å². The number of carbonyl (C=O) groups excluding carboxylic acids is 5. The van der Waals surface area contributed by atoms with Crippen molar-refractivity contribution in [1.29, 1.82) is 0 Å². The maximum absolute atomic E-state index is 13.1. The molecule has 0 amide bonds. The van der Waals surface area contributed by atoms with Crippen LogP contribution in [-0.4, -0.2) is 168 Å². The highest BCUT2D eigenvalue weighted by Crippen LogP contribution is 2.35. The van der Waals surface area contributed by atoms with Crippen LogP contribution in [0.25, 0.3) is 0 Å². The van der Waals surface area contributed by atoms with Crippen molar-refractivity contribution >= 4 is 29.8 Å². The summed E-state index contributed by atoms with van der Waals surface area (Å²) >= 11 is 0. The van der Waals surface area contributed by atoms with Gasteiger partial charge in [-0.3, -0.25) is 19.2 Å². The number of aliphatic hydroxyl groups excluding tert-OH is 5. The molecule has 21 heteroatoms. The lowest BCUT2D eigenvalue weighted by molar-refractivity contribution is -0.363. The number of hydrogen-bond acceptors (Lipinski definition) is 21. The first-order valence-corrected chi connectivity index (χ1v) is 17.1. The molecule has 0 unspecified atom stereocenters. The van der Waals surface area contributed by atoms with Crippen LogP contribution in [-0.2, 0) is 66.5 Å². The Morgan fingerprint density at radius 3 is 1.82 bits per heavy atom. The molecule has 1 aromatic rings. The summed E-state index contributed by atoms with van der Waals surface area (Å²) in [5, 5.41) is 51.8. The molecule has 0 spiro atoms. The van der Waals surface area contributed by atoms with E-state index in [4.69, 9.17) is 52.1 Å². The number of carbonyl (C=O) groups is 5. The molecular formula is C34H46O21. The minimum atomic E-state index is -1.91. The van der Waals surface area contributed by atoms with E-state index in [1.807, 2.05) is 0 Å². The van der Waals surface area contributed by atoms with Crippen molar-refractivity contribution < 1.29 is 102 Å². The number of ether oxygens (including phenoxy) is 11. The summed E-state index contributed by atoms with van der Waals surface area (Å²) in [6.07, 6.45) is -22.9. The summed E-state index contributed by atoms with van der Waals surface area (Å²) in [7, 11) is 1.44. The van der Waals surface area contributed by atoms with E-state index in [-0.39, 0.29) is 12.0 Å². The molecule has 55 heavy (non-hydrogen) atoms. The monoisotopic (exact) mass is 790 g/mol. The fraction of sp³-hybridized carbons (Fsp3) is 0.676. The second kappa shape index (κ2) is 19.7. The zero-order valence-electron chi connectivity index (χ0n) is 30.5. The molecule has 21 nitrogen and oxygen atoms in total. The third kappa shape index (κ3) is 11.5. The molecule has 5 N–H and O–H groups in total. The van der Waals surface area contributed by atoms with Crippen LogP contribution in [0.4, 0.5) is 0 Å². The van der Waals surface area contributed by atoms with Gasteiger partial charge in [-0.15, -0.1) is 0 Å². The van der Waals surface area contributed by atoms with Crippen molar-refractivity contribution in [2.75, 3.05) is 26.9 Å². The second-order valence-electron chi connectivity index (χ2n) is 12.7. The number of methoxy groups -OCH3 is 1. The predicted octanol–water partition coefficient (Wildman–Crippen LogP) is -2.39. The minimum absolute atomic E-state index is 0.112. The summed E-state index contributed by atoms with van der Waals surface area (Å²) in [6.45, 7) is 2.25. The minimum Gasteiger partial charge on any atom is -0.497 e. The first kappa shape index (κ1) is 43.7.